The zero-order chi connectivity index (χ0) is 23.2. The Bertz CT molecular complexity index is 981. The van der Waals surface area contributed by atoms with Gasteiger partial charge in [-0.05, 0) is 58.0 Å². The van der Waals surface area contributed by atoms with Gasteiger partial charge in [-0.3, -0.25) is 20.2 Å². The van der Waals surface area contributed by atoms with Crippen molar-refractivity contribution in [3.8, 4) is 0 Å². The first-order valence-corrected chi connectivity index (χ1v) is 9.31. The molecule has 2 rings (SSSR count). The van der Waals surface area contributed by atoms with Gasteiger partial charge in [0.15, 0.2) is 6.10 Å². The van der Waals surface area contributed by atoms with Crippen molar-refractivity contribution in [3.63, 3.8) is 0 Å². The van der Waals surface area contributed by atoms with Gasteiger partial charge in [0.1, 0.15) is 5.60 Å². The summed E-state index contributed by atoms with van der Waals surface area (Å²) in [5.41, 5.74) is -0.0240. The van der Waals surface area contributed by atoms with Crippen LogP contribution in [0.5, 0.6) is 0 Å². The van der Waals surface area contributed by atoms with E-state index in [0.29, 0.717) is 5.69 Å². The van der Waals surface area contributed by atoms with Crippen LogP contribution in [0, 0.1) is 10.1 Å². The molecule has 0 heterocycles. The molecule has 0 saturated heterocycles. The molecule has 0 spiro atoms. The summed E-state index contributed by atoms with van der Waals surface area (Å²) in [6.07, 6.45) is -1.78. The van der Waals surface area contributed by atoms with Gasteiger partial charge in [0.25, 0.3) is 11.6 Å². The number of nitro benzene ring substituents is 1. The Kier molecular flexibility index (Phi) is 7.30. The number of hydrogen-bond donors (Lipinski definition) is 2. The molecule has 0 aliphatic heterocycles. The summed E-state index contributed by atoms with van der Waals surface area (Å²) >= 11 is 0. The van der Waals surface area contributed by atoms with E-state index in [9.17, 15) is 24.5 Å². The summed E-state index contributed by atoms with van der Waals surface area (Å²) in [6, 6.07) is 11.2. The molecule has 2 N–H and O–H groups in total. The van der Waals surface area contributed by atoms with E-state index >= 15 is 0 Å². The van der Waals surface area contributed by atoms with Gasteiger partial charge in [0.05, 0.1) is 10.5 Å². The molecule has 2 aromatic rings. The first kappa shape index (κ1) is 23.3. The van der Waals surface area contributed by atoms with E-state index in [1.165, 1.54) is 55.5 Å². The number of anilines is 2. The molecule has 0 aromatic heterocycles. The average molecular weight is 429 g/mol. The lowest BCUT2D eigenvalue weighted by molar-refractivity contribution is -0.384. The molecule has 0 saturated carbocycles. The number of hydrogen-bond acceptors (Lipinski definition) is 7. The van der Waals surface area contributed by atoms with Crippen molar-refractivity contribution in [2.24, 2.45) is 0 Å². The number of ether oxygens (including phenoxy) is 2. The molecule has 31 heavy (non-hydrogen) atoms. The van der Waals surface area contributed by atoms with Crippen LogP contribution in [0.4, 0.5) is 21.9 Å². The highest BCUT2D eigenvalue weighted by molar-refractivity contribution is 5.97. The van der Waals surface area contributed by atoms with E-state index in [-0.39, 0.29) is 16.9 Å². The Morgan fingerprint density at radius 2 is 1.65 bits per heavy atom. The van der Waals surface area contributed by atoms with Crippen LogP contribution in [0.25, 0.3) is 0 Å². The largest absolute Gasteiger partial charge is 0.449 e. The number of nitrogens with one attached hydrogen (secondary N) is 2. The highest BCUT2D eigenvalue weighted by Crippen LogP contribution is 2.18. The Hall–Kier alpha value is -3.95. The molecular weight excluding hydrogens is 406 g/mol. The van der Waals surface area contributed by atoms with Gasteiger partial charge in [-0.25, -0.2) is 9.59 Å². The van der Waals surface area contributed by atoms with Crippen molar-refractivity contribution < 1.29 is 28.8 Å². The summed E-state index contributed by atoms with van der Waals surface area (Å²) in [5.74, 6) is -1.39. The van der Waals surface area contributed by atoms with Crippen molar-refractivity contribution >= 4 is 35.0 Å². The van der Waals surface area contributed by atoms with Gasteiger partial charge in [-0.2, -0.15) is 0 Å². The van der Waals surface area contributed by atoms with Gasteiger partial charge in [0, 0.05) is 23.5 Å². The van der Waals surface area contributed by atoms with Crippen molar-refractivity contribution in [1.29, 1.82) is 0 Å². The third-order valence-corrected chi connectivity index (χ3v) is 3.74. The number of carbonyl (C=O) groups excluding carboxylic acids is 3. The fourth-order valence-corrected chi connectivity index (χ4v) is 2.33. The molecule has 0 aliphatic rings. The van der Waals surface area contributed by atoms with Crippen molar-refractivity contribution in [3.05, 3.63) is 64.2 Å². The number of benzene rings is 2. The predicted molar refractivity (Wildman–Crippen MR) is 113 cm³/mol. The maximum Gasteiger partial charge on any atom is 0.412 e. The number of amides is 2. The van der Waals surface area contributed by atoms with Gasteiger partial charge < -0.3 is 14.8 Å². The van der Waals surface area contributed by atoms with Crippen LogP contribution in [0.1, 0.15) is 38.1 Å². The van der Waals surface area contributed by atoms with Crippen molar-refractivity contribution in [2.45, 2.75) is 39.4 Å². The van der Waals surface area contributed by atoms with Crippen LogP contribution in [-0.4, -0.2) is 34.6 Å². The minimum atomic E-state index is -1.15. The highest BCUT2D eigenvalue weighted by Gasteiger charge is 2.20. The molecule has 2 amide bonds. The summed E-state index contributed by atoms with van der Waals surface area (Å²) in [5, 5.41) is 15.8. The van der Waals surface area contributed by atoms with Gasteiger partial charge in [-0.15, -0.1) is 0 Å². The van der Waals surface area contributed by atoms with Crippen LogP contribution < -0.4 is 10.6 Å². The number of esters is 1. The standard InChI is InChI=1S/C21H23N3O7/c1-13(18(25)22-16-6-5-7-17(12-16)24(28)29)30-19(26)14-8-10-15(11-9-14)23-20(27)31-21(2,3)4/h5-13H,1-4H3,(H,22,25)(H,23,27). The van der Waals surface area contributed by atoms with Crippen LogP contribution in [0.3, 0.4) is 0 Å². The minimum Gasteiger partial charge on any atom is -0.449 e. The second kappa shape index (κ2) is 9.70. The lowest BCUT2D eigenvalue weighted by Gasteiger charge is -2.19. The smallest absolute Gasteiger partial charge is 0.412 e. The molecular formula is C21H23N3O7. The van der Waals surface area contributed by atoms with E-state index in [4.69, 9.17) is 9.47 Å². The number of rotatable bonds is 6. The predicted octanol–water partition coefficient (Wildman–Crippen LogP) is 4.13. The minimum absolute atomic E-state index is 0.171. The van der Waals surface area contributed by atoms with Gasteiger partial charge in [0.2, 0.25) is 0 Å². The monoisotopic (exact) mass is 429 g/mol. The molecule has 0 aliphatic carbocycles. The second-order valence-corrected chi connectivity index (χ2v) is 7.55. The third-order valence-electron chi connectivity index (χ3n) is 3.74. The number of non-ortho nitro benzene ring substituents is 1. The zero-order valence-electron chi connectivity index (χ0n) is 17.5. The lowest BCUT2D eigenvalue weighted by atomic mass is 10.2. The van der Waals surface area contributed by atoms with Crippen molar-refractivity contribution in [2.75, 3.05) is 10.6 Å². The average Bonchev–Trinajstić information content (AvgIpc) is 2.67. The maximum atomic E-state index is 12.3. The normalized spacial score (nSPS) is 11.7. The maximum absolute atomic E-state index is 12.3. The fourth-order valence-electron chi connectivity index (χ4n) is 2.33. The molecule has 164 valence electrons. The molecule has 1 atom stereocenters. The van der Waals surface area contributed by atoms with E-state index in [0.717, 1.165) is 0 Å². The second-order valence-electron chi connectivity index (χ2n) is 7.55. The third kappa shape index (κ3) is 7.42. The molecule has 1 unspecified atom stereocenters. The van der Waals surface area contributed by atoms with E-state index in [1.54, 1.807) is 20.8 Å². The molecule has 10 heteroatoms. The van der Waals surface area contributed by atoms with E-state index in [1.807, 2.05) is 0 Å². The molecule has 0 bridgehead atoms. The molecule has 0 radical (unpaired) electrons. The van der Waals surface area contributed by atoms with Crippen LogP contribution >= 0.6 is 0 Å². The van der Waals surface area contributed by atoms with Crippen LogP contribution in [0.2, 0.25) is 0 Å². The van der Waals surface area contributed by atoms with Crippen molar-refractivity contribution in [1.82, 2.24) is 0 Å². The zero-order valence-corrected chi connectivity index (χ0v) is 17.5. The first-order valence-electron chi connectivity index (χ1n) is 9.31. The first-order chi connectivity index (χ1) is 14.4. The van der Waals surface area contributed by atoms with Gasteiger partial charge >= 0.3 is 12.1 Å². The Morgan fingerprint density at radius 3 is 2.23 bits per heavy atom. The molecule has 2 aromatic carbocycles. The number of nitrogens with zero attached hydrogens (tertiary/aromatic N) is 1. The Labute approximate surface area is 178 Å². The van der Waals surface area contributed by atoms with E-state index < -0.39 is 34.6 Å². The Morgan fingerprint density at radius 1 is 1.00 bits per heavy atom. The lowest BCUT2D eigenvalue weighted by Crippen LogP contribution is -2.30. The summed E-state index contributed by atoms with van der Waals surface area (Å²) in [7, 11) is 0. The molecule has 0 fully saturated rings. The Balaban J connectivity index is 1.93. The van der Waals surface area contributed by atoms with E-state index in [2.05, 4.69) is 10.6 Å². The van der Waals surface area contributed by atoms with Gasteiger partial charge in [-0.1, -0.05) is 6.07 Å². The highest BCUT2D eigenvalue weighted by atomic mass is 16.6. The molecule has 10 nitrogen and oxygen atoms in total. The summed E-state index contributed by atoms with van der Waals surface area (Å²) in [6.45, 7) is 6.59. The van der Waals surface area contributed by atoms with Crippen LogP contribution in [-0.2, 0) is 14.3 Å². The summed E-state index contributed by atoms with van der Waals surface area (Å²) in [4.78, 5) is 46.5. The number of nitro groups is 1. The summed E-state index contributed by atoms with van der Waals surface area (Å²) < 4.78 is 10.3. The SMILES string of the molecule is CC(OC(=O)c1ccc(NC(=O)OC(C)(C)C)cc1)C(=O)Nc1cccc([N+](=O)[O-])c1. The quantitative estimate of drug-likeness (QED) is 0.400. The fraction of sp³-hybridized carbons (Fsp3) is 0.286. The topological polar surface area (TPSA) is 137 Å². The number of carbonyl (C=O) groups is 3. The van der Waals surface area contributed by atoms with Crippen LogP contribution in [0.15, 0.2) is 48.5 Å².